The summed E-state index contributed by atoms with van der Waals surface area (Å²) in [4.78, 5) is 4.50. The van der Waals surface area contributed by atoms with Gasteiger partial charge in [0, 0.05) is 38.1 Å². The average Bonchev–Trinajstić information content (AvgIpc) is 2.77. The van der Waals surface area contributed by atoms with Crippen LogP contribution in [0.2, 0.25) is 0 Å². The molecule has 1 heterocycles. The summed E-state index contributed by atoms with van der Waals surface area (Å²) in [7, 11) is 2.12. The maximum atomic E-state index is 13.5. The van der Waals surface area contributed by atoms with E-state index in [9.17, 15) is 13.2 Å². The van der Waals surface area contributed by atoms with E-state index in [1.807, 2.05) is 36.4 Å². The second-order valence-corrected chi connectivity index (χ2v) is 8.24. The Labute approximate surface area is 206 Å². The molecular weight excluding hydrogens is 468 g/mol. The van der Waals surface area contributed by atoms with Crippen LogP contribution in [0.15, 0.2) is 84.9 Å². The minimum Gasteiger partial charge on any atom is -0.300 e. The first kappa shape index (κ1) is 27.2. The second kappa shape index (κ2) is 11.9. The standard InChI is InChI=1S/C26H27F3N2.2ClH/c1-30-16-17-31(18-22-14-8-9-15-23(22)26(27,28)29)19-24(30)25(20-10-4-2-5-11-20)21-12-6-3-7-13-21;;/h2-15,24-25H,16-19H2,1H3;2*1H/t24-;;/m1../s1. The SMILES string of the molecule is CN1CCN(Cc2ccccc2C(F)(F)F)C[C@@H]1C(c1ccccc1)c1ccccc1.Cl.Cl. The van der Waals surface area contributed by atoms with Gasteiger partial charge in [0.1, 0.15) is 0 Å². The van der Waals surface area contributed by atoms with Gasteiger partial charge in [-0.2, -0.15) is 13.2 Å². The van der Waals surface area contributed by atoms with Crippen LogP contribution < -0.4 is 0 Å². The van der Waals surface area contributed by atoms with E-state index < -0.39 is 11.7 Å². The molecule has 0 amide bonds. The summed E-state index contributed by atoms with van der Waals surface area (Å²) in [5.74, 6) is 0.146. The highest BCUT2D eigenvalue weighted by atomic mass is 35.5. The number of nitrogens with zero attached hydrogens (tertiary/aromatic N) is 2. The highest BCUT2D eigenvalue weighted by Gasteiger charge is 2.36. The van der Waals surface area contributed by atoms with Crippen molar-refractivity contribution in [3.8, 4) is 0 Å². The van der Waals surface area contributed by atoms with Crippen molar-refractivity contribution >= 4 is 24.8 Å². The fraction of sp³-hybridized carbons (Fsp3) is 0.308. The number of piperazine rings is 1. The molecule has 0 radical (unpaired) electrons. The van der Waals surface area contributed by atoms with E-state index in [0.717, 1.165) is 13.1 Å². The maximum absolute atomic E-state index is 13.5. The molecule has 1 aliphatic rings. The molecule has 0 spiro atoms. The lowest BCUT2D eigenvalue weighted by molar-refractivity contribution is -0.138. The summed E-state index contributed by atoms with van der Waals surface area (Å²) in [5.41, 5.74) is 2.26. The Morgan fingerprint density at radius 2 is 1.30 bits per heavy atom. The first-order valence-corrected chi connectivity index (χ1v) is 10.6. The van der Waals surface area contributed by atoms with Gasteiger partial charge in [0.05, 0.1) is 5.56 Å². The molecule has 2 nitrogen and oxygen atoms in total. The van der Waals surface area contributed by atoms with Gasteiger partial charge in [-0.25, -0.2) is 0 Å². The molecule has 0 N–H and O–H groups in total. The van der Waals surface area contributed by atoms with Crippen molar-refractivity contribution in [1.29, 1.82) is 0 Å². The number of hydrogen-bond donors (Lipinski definition) is 0. The van der Waals surface area contributed by atoms with Crippen LogP contribution in [0, 0.1) is 0 Å². The van der Waals surface area contributed by atoms with Gasteiger partial charge in [-0.3, -0.25) is 9.80 Å². The van der Waals surface area contributed by atoms with E-state index in [2.05, 4.69) is 41.1 Å². The fourth-order valence-electron chi connectivity index (χ4n) is 4.60. The lowest BCUT2D eigenvalue weighted by Gasteiger charge is -2.44. The van der Waals surface area contributed by atoms with E-state index in [1.54, 1.807) is 12.1 Å². The van der Waals surface area contributed by atoms with Crippen molar-refractivity contribution in [1.82, 2.24) is 9.80 Å². The Morgan fingerprint density at radius 1 is 0.788 bits per heavy atom. The highest BCUT2D eigenvalue weighted by Crippen LogP contribution is 2.35. The number of alkyl halides is 3. The third kappa shape index (κ3) is 6.51. The summed E-state index contributed by atoms with van der Waals surface area (Å²) in [6.45, 7) is 2.57. The lowest BCUT2D eigenvalue weighted by atomic mass is 9.83. The van der Waals surface area contributed by atoms with Crippen molar-refractivity contribution < 1.29 is 13.2 Å². The van der Waals surface area contributed by atoms with E-state index in [0.29, 0.717) is 18.7 Å². The van der Waals surface area contributed by atoms with Crippen LogP contribution in [0.5, 0.6) is 0 Å². The average molecular weight is 497 g/mol. The molecule has 0 bridgehead atoms. The number of hydrogen-bond acceptors (Lipinski definition) is 2. The van der Waals surface area contributed by atoms with Gasteiger partial charge in [0.2, 0.25) is 0 Å². The molecule has 0 aromatic heterocycles. The molecule has 33 heavy (non-hydrogen) atoms. The van der Waals surface area contributed by atoms with Gasteiger partial charge < -0.3 is 0 Å². The zero-order valence-electron chi connectivity index (χ0n) is 18.4. The summed E-state index contributed by atoms with van der Waals surface area (Å²) >= 11 is 0. The largest absolute Gasteiger partial charge is 0.416 e. The molecule has 0 aliphatic carbocycles. The lowest BCUT2D eigenvalue weighted by Crippen LogP contribution is -2.53. The fourth-order valence-corrected chi connectivity index (χ4v) is 4.60. The number of rotatable bonds is 5. The van der Waals surface area contributed by atoms with Crippen molar-refractivity contribution in [2.75, 3.05) is 26.7 Å². The molecule has 1 aliphatic heterocycles. The summed E-state index contributed by atoms with van der Waals surface area (Å²) in [5, 5.41) is 0. The van der Waals surface area contributed by atoms with Crippen LogP contribution >= 0.6 is 24.8 Å². The number of benzene rings is 3. The van der Waals surface area contributed by atoms with E-state index in [1.165, 1.54) is 23.3 Å². The first-order valence-electron chi connectivity index (χ1n) is 10.6. The molecule has 0 unspecified atom stereocenters. The molecule has 3 aromatic carbocycles. The smallest absolute Gasteiger partial charge is 0.300 e. The summed E-state index contributed by atoms with van der Waals surface area (Å²) in [6.07, 6.45) is -4.33. The summed E-state index contributed by atoms with van der Waals surface area (Å²) in [6, 6.07) is 26.9. The van der Waals surface area contributed by atoms with Gasteiger partial charge in [-0.05, 0) is 29.8 Å². The molecule has 1 atom stereocenters. The van der Waals surface area contributed by atoms with Crippen molar-refractivity contribution in [2.24, 2.45) is 0 Å². The predicted molar refractivity (Wildman–Crippen MR) is 132 cm³/mol. The quantitative estimate of drug-likeness (QED) is 0.397. The van der Waals surface area contributed by atoms with Crippen molar-refractivity contribution in [3.05, 3.63) is 107 Å². The Kier molecular flexibility index (Phi) is 9.80. The monoisotopic (exact) mass is 496 g/mol. The highest BCUT2D eigenvalue weighted by molar-refractivity contribution is 5.85. The first-order chi connectivity index (χ1) is 14.9. The Bertz CT molecular complexity index is 944. The Balaban J connectivity index is 0.00000193. The normalized spacial score (nSPS) is 17.3. The molecule has 1 saturated heterocycles. The molecule has 178 valence electrons. The molecule has 1 fully saturated rings. The molecule has 4 rings (SSSR count). The maximum Gasteiger partial charge on any atom is 0.416 e. The van der Waals surface area contributed by atoms with Gasteiger partial charge in [0.25, 0.3) is 0 Å². The topological polar surface area (TPSA) is 6.48 Å². The van der Waals surface area contributed by atoms with Gasteiger partial charge in [-0.1, -0.05) is 78.9 Å². The number of halogens is 5. The van der Waals surface area contributed by atoms with E-state index in [4.69, 9.17) is 0 Å². The zero-order chi connectivity index (χ0) is 21.8. The summed E-state index contributed by atoms with van der Waals surface area (Å²) < 4.78 is 40.5. The molecular formula is C26H29Cl2F3N2. The second-order valence-electron chi connectivity index (χ2n) is 8.24. The van der Waals surface area contributed by atoms with Gasteiger partial charge >= 0.3 is 6.18 Å². The van der Waals surface area contributed by atoms with Gasteiger partial charge in [-0.15, -0.1) is 24.8 Å². The van der Waals surface area contributed by atoms with Gasteiger partial charge in [0.15, 0.2) is 0 Å². The Morgan fingerprint density at radius 3 is 1.85 bits per heavy atom. The van der Waals surface area contributed by atoms with Crippen LogP contribution in [0.25, 0.3) is 0 Å². The van der Waals surface area contributed by atoms with Crippen molar-refractivity contribution in [2.45, 2.75) is 24.7 Å². The van der Waals surface area contributed by atoms with Crippen molar-refractivity contribution in [3.63, 3.8) is 0 Å². The van der Waals surface area contributed by atoms with E-state index >= 15 is 0 Å². The van der Waals surface area contributed by atoms with Crippen LogP contribution in [0.1, 0.15) is 28.2 Å². The number of likely N-dealkylation sites (N-methyl/N-ethyl adjacent to an activating group) is 1. The Hall–Kier alpha value is -2.05. The minimum atomic E-state index is -4.33. The van der Waals surface area contributed by atoms with Crippen LogP contribution in [-0.4, -0.2) is 42.5 Å². The predicted octanol–water partition coefficient (Wildman–Crippen LogP) is 6.50. The van der Waals surface area contributed by atoms with Crippen LogP contribution in [0.4, 0.5) is 13.2 Å². The zero-order valence-corrected chi connectivity index (χ0v) is 20.0. The third-order valence-electron chi connectivity index (χ3n) is 6.20. The molecule has 3 aromatic rings. The van der Waals surface area contributed by atoms with E-state index in [-0.39, 0.29) is 36.8 Å². The van der Waals surface area contributed by atoms with Crippen LogP contribution in [0.3, 0.4) is 0 Å². The molecule has 0 saturated carbocycles. The molecule has 7 heteroatoms. The third-order valence-corrected chi connectivity index (χ3v) is 6.20. The van der Waals surface area contributed by atoms with Crippen LogP contribution in [-0.2, 0) is 12.7 Å². The minimum absolute atomic E-state index is 0.